The van der Waals surface area contributed by atoms with E-state index >= 15 is 0 Å². The van der Waals surface area contributed by atoms with Crippen molar-refractivity contribution in [2.24, 2.45) is 0 Å². The highest BCUT2D eigenvalue weighted by atomic mass is 15.3. The lowest BCUT2D eigenvalue weighted by molar-refractivity contribution is 0.0416. The molecule has 0 amide bonds. The van der Waals surface area contributed by atoms with E-state index in [1.165, 1.54) is 17.5 Å². The van der Waals surface area contributed by atoms with Gasteiger partial charge in [0.2, 0.25) is 0 Å². The Bertz CT molecular complexity index is 596. The average Bonchev–Trinajstić information content (AvgIpc) is 2.60. The molecule has 0 aliphatic carbocycles. The van der Waals surface area contributed by atoms with Gasteiger partial charge >= 0.3 is 0 Å². The van der Waals surface area contributed by atoms with E-state index in [4.69, 9.17) is 0 Å². The molecule has 1 N–H and O–H groups in total. The zero-order chi connectivity index (χ0) is 16.1. The highest BCUT2D eigenvalue weighted by Crippen LogP contribution is 2.26. The fourth-order valence-electron chi connectivity index (χ4n) is 3.47. The Morgan fingerprint density at radius 1 is 1.00 bits per heavy atom. The molecule has 2 aromatic rings. The first-order valence-electron chi connectivity index (χ1n) is 8.76. The Labute approximate surface area is 140 Å². The lowest BCUT2D eigenvalue weighted by atomic mass is 9.90. The molecule has 3 rings (SSSR count). The topological polar surface area (TPSA) is 15.3 Å². The SMILES string of the molecule is CCC1(C)CNC(Cc2ccccc2)CN1Cc1ccccc1. The third-order valence-corrected chi connectivity index (χ3v) is 5.28. The van der Waals surface area contributed by atoms with Gasteiger partial charge in [-0.3, -0.25) is 4.90 Å². The number of nitrogens with one attached hydrogen (secondary N) is 1. The lowest BCUT2D eigenvalue weighted by Gasteiger charge is -2.48. The summed E-state index contributed by atoms with van der Waals surface area (Å²) in [6.45, 7) is 7.90. The summed E-state index contributed by atoms with van der Waals surface area (Å²) >= 11 is 0. The van der Waals surface area contributed by atoms with E-state index in [2.05, 4.69) is 84.7 Å². The maximum absolute atomic E-state index is 3.78. The first-order chi connectivity index (χ1) is 11.2. The number of piperazine rings is 1. The Balaban J connectivity index is 1.71. The fraction of sp³-hybridized carbons (Fsp3) is 0.429. The molecule has 0 saturated carbocycles. The quantitative estimate of drug-likeness (QED) is 0.902. The molecule has 2 aromatic carbocycles. The molecule has 122 valence electrons. The van der Waals surface area contributed by atoms with E-state index in [0.717, 1.165) is 26.1 Å². The molecule has 1 saturated heterocycles. The van der Waals surface area contributed by atoms with Crippen LogP contribution in [0.1, 0.15) is 31.4 Å². The van der Waals surface area contributed by atoms with Crippen LogP contribution in [0.5, 0.6) is 0 Å². The van der Waals surface area contributed by atoms with Gasteiger partial charge in [0.1, 0.15) is 0 Å². The molecule has 0 spiro atoms. The number of nitrogens with zero attached hydrogens (tertiary/aromatic N) is 1. The second kappa shape index (κ2) is 7.29. The second-order valence-corrected chi connectivity index (χ2v) is 6.98. The van der Waals surface area contributed by atoms with Crippen molar-refractivity contribution in [3.63, 3.8) is 0 Å². The van der Waals surface area contributed by atoms with Gasteiger partial charge in [0.15, 0.2) is 0 Å². The highest BCUT2D eigenvalue weighted by Gasteiger charge is 2.36. The van der Waals surface area contributed by atoms with Crippen LogP contribution in [-0.4, -0.2) is 29.6 Å². The van der Waals surface area contributed by atoms with E-state index in [1.807, 2.05) is 0 Å². The van der Waals surface area contributed by atoms with Gasteiger partial charge in [0.25, 0.3) is 0 Å². The predicted molar refractivity (Wildman–Crippen MR) is 97.5 cm³/mol. The molecule has 2 unspecified atom stereocenters. The van der Waals surface area contributed by atoms with E-state index in [-0.39, 0.29) is 5.54 Å². The summed E-state index contributed by atoms with van der Waals surface area (Å²) in [5, 5.41) is 3.78. The molecular formula is C21H28N2. The molecule has 0 bridgehead atoms. The van der Waals surface area contributed by atoms with E-state index in [1.54, 1.807) is 0 Å². The third kappa shape index (κ3) is 4.01. The molecular weight excluding hydrogens is 280 g/mol. The molecule has 2 nitrogen and oxygen atoms in total. The number of hydrogen-bond donors (Lipinski definition) is 1. The molecule has 2 heteroatoms. The van der Waals surface area contributed by atoms with Crippen LogP contribution in [0.4, 0.5) is 0 Å². The van der Waals surface area contributed by atoms with Gasteiger partial charge < -0.3 is 5.32 Å². The van der Waals surface area contributed by atoms with Crippen molar-refractivity contribution >= 4 is 0 Å². The first kappa shape index (κ1) is 16.2. The lowest BCUT2D eigenvalue weighted by Crippen LogP contribution is -2.63. The van der Waals surface area contributed by atoms with Crippen LogP contribution in [0, 0.1) is 0 Å². The van der Waals surface area contributed by atoms with Gasteiger partial charge in [0, 0.05) is 31.2 Å². The monoisotopic (exact) mass is 308 g/mol. The summed E-state index contributed by atoms with van der Waals surface area (Å²) in [4.78, 5) is 2.67. The second-order valence-electron chi connectivity index (χ2n) is 6.98. The van der Waals surface area contributed by atoms with Crippen LogP contribution >= 0.6 is 0 Å². The molecule has 2 atom stereocenters. The van der Waals surface area contributed by atoms with Crippen LogP contribution in [0.3, 0.4) is 0 Å². The number of hydrogen-bond acceptors (Lipinski definition) is 2. The summed E-state index contributed by atoms with van der Waals surface area (Å²) < 4.78 is 0. The van der Waals surface area contributed by atoms with Gasteiger partial charge in [-0.15, -0.1) is 0 Å². The van der Waals surface area contributed by atoms with Crippen molar-refractivity contribution in [2.45, 2.75) is 44.8 Å². The normalized spacial score (nSPS) is 25.4. The zero-order valence-electron chi connectivity index (χ0n) is 14.3. The van der Waals surface area contributed by atoms with Gasteiger partial charge in [-0.05, 0) is 30.9 Å². The van der Waals surface area contributed by atoms with E-state index in [0.29, 0.717) is 6.04 Å². The smallest absolute Gasteiger partial charge is 0.0307 e. The van der Waals surface area contributed by atoms with Gasteiger partial charge in [-0.25, -0.2) is 0 Å². The van der Waals surface area contributed by atoms with Gasteiger partial charge in [0.05, 0.1) is 0 Å². The molecule has 1 aliphatic heterocycles. The van der Waals surface area contributed by atoms with Crippen LogP contribution < -0.4 is 5.32 Å². The maximum atomic E-state index is 3.78. The maximum Gasteiger partial charge on any atom is 0.0307 e. The van der Waals surface area contributed by atoms with Crippen LogP contribution in [0.25, 0.3) is 0 Å². The highest BCUT2D eigenvalue weighted by molar-refractivity contribution is 5.18. The molecule has 1 fully saturated rings. The van der Waals surface area contributed by atoms with Crippen LogP contribution in [-0.2, 0) is 13.0 Å². The Morgan fingerprint density at radius 2 is 1.61 bits per heavy atom. The van der Waals surface area contributed by atoms with E-state index in [9.17, 15) is 0 Å². The van der Waals surface area contributed by atoms with Crippen molar-refractivity contribution in [2.75, 3.05) is 13.1 Å². The zero-order valence-corrected chi connectivity index (χ0v) is 14.3. The minimum Gasteiger partial charge on any atom is -0.311 e. The largest absolute Gasteiger partial charge is 0.311 e. The van der Waals surface area contributed by atoms with E-state index < -0.39 is 0 Å². The summed E-state index contributed by atoms with van der Waals surface area (Å²) in [6, 6.07) is 22.2. The van der Waals surface area contributed by atoms with Crippen LogP contribution in [0.2, 0.25) is 0 Å². The summed E-state index contributed by atoms with van der Waals surface area (Å²) in [7, 11) is 0. The summed E-state index contributed by atoms with van der Waals surface area (Å²) in [6.07, 6.45) is 2.27. The minimum atomic E-state index is 0.239. The fourth-order valence-corrected chi connectivity index (χ4v) is 3.47. The Hall–Kier alpha value is -1.64. The van der Waals surface area contributed by atoms with Crippen molar-refractivity contribution in [1.29, 1.82) is 0 Å². The predicted octanol–water partition coefficient (Wildman–Crippen LogP) is 3.87. The molecule has 1 heterocycles. The Kier molecular flexibility index (Phi) is 5.14. The minimum absolute atomic E-state index is 0.239. The first-order valence-corrected chi connectivity index (χ1v) is 8.76. The molecule has 1 aliphatic rings. The van der Waals surface area contributed by atoms with Crippen molar-refractivity contribution in [1.82, 2.24) is 10.2 Å². The summed E-state index contributed by atoms with van der Waals surface area (Å²) in [5.74, 6) is 0. The number of benzene rings is 2. The summed E-state index contributed by atoms with van der Waals surface area (Å²) in [5.41, 5.74) is 3.07. The molecule has 23 heavy (non-hydrogen) atoms. The Morgan fingerprint density at radius 3 is 2.22 bits per heavy atom. The van der Waals surface area contributed by atoms with Gasteiger partial charge in [-0.2, -0.15) is 0 Å². The average molecular weight is 308 g/mol. The number of rotatable bonds is 5. The third-order valence-electron chi connectivity index (χ3n) is 5.28. The van der Waals surface area contributed by atoms with Crippen LogP contribution in [0.15, 0.2) is 60.7 Å². The molecule has 0 radical (unpaired) electrons. The van der Waals surface area contributed by atoms with Crippen molar-refractivity contribution in [3.8, 4) is 0 Å². The van der Waals surface area contributed by atoms with Crippen molar-refractivity contribution < 1.29 is 0 Å². The van der Waals surface area contributed by atoms with Crippen molar-refractivity contribution in [3.05, 3.63) is 71.8 Å². The van der Waals surface area contributed by atoms with Gasteiger partial charge in [-0.1, -0.05) is 67.6 Å². The molecule has 0 aromatic heterocycles. The standard InChI is InChI=1S/C21H28N2/c1-3-21(2)17-22-20(14-18-10-6-4-7-11-18)16-23(21)15-19-12-8-5-9-13-19/h4-13,20,22H,3,14-17H2,1-2H3.